The molecule has 0 amide bonds. The van der Waals surface area contributed by atoms with E-state index in [4.69, 9.17) is 15.4 Å². The van der Waals surface area contributed by atoms with Crippen molar-refractivity contribution in [3.8, 4) is 22.5 Å². The number of benzene rings is 2. The highest BCUT2D eigenvalue weighted by Crippen LogP contribution is 2.25. The van der Waals surface area contributed by atoms with Gasteiger partial charge in [0, 0.05) is 29.8 Å². The summed E-state index contributed by atoms with van der Waals surface area (Å²) < 4.78 is 54.1. The number of imidazole rings is 2. The van der Waals surface area contributed by atoms with E-state index in [9.17, 15) is 16.8 Å². The van der Waals surface area contributed by atoms with Gasteiger partial charge in [-0.2, -0.15) is 0 Å². The van der Waals surface area contributed by atoms with E-state index in [1.807, 2.05) is 6.07 Å². The number of rotatable bonds is 11. The van der Waals surface area contributed by atoms with E-state index in [2.05, 4.69) is 35.5 Å². The van der Waals surface area contributed by atoms with Gasteiger partial charge in [0.05, 0.1) is 46.8 Å². The molecule has 0 saturated carbocycles. The predicted molar refractivity (Wildman–Crippen MR) is 189 cm³/mol. The minimum absolute atomic E-state index is 0.00279. The van der Waals surface area contributed by atoms with Crippen LogP contribution in [0.4, 0.5) is 11.6 Å². The highest BCUT2D eigenvalue weighted by molar-refractivity contribution is 7.89. The molecule has 6 rings (SSSR count). The number of fused-ring (bicyclic) bond motifs is 2. The first kappa shape index (κ1) is 36.3. The number of aromatic nitrogens is 6. The summed E-state index contributed by atoms with van der Waals surface area (Å²) >= 11 is 0. The third kappa shape index (κ3) is 8.78. The van der Waals surface area contributed by atoms with E-state index in [-0.39, 0.29) is 23.0 Å². The second kappa shape index (κ2) is 14.9. The lowest BCUT2D eigenvalue weighted by Gasteiger charge is -2.20. The van der Waals surface area contributed by atoms with Crippen LogP contribution in [0, 0.1) is 0 Å². The van der Waals surface area contributed by atoms with Crippen LogP contribution in [0.5, 0.6) is 0 Å². The molecule has 6 aromatic rings. The third-order valence-corrected chi connectivity index (χ3v) is 9.57. The number of nitrogens with one attached hydrogen (secondary N) is 3. The molecule has 0 aliphatic carbocycles. The van der Waals surface area contributed by atoms with Gasteiger partial charge in [-0.25, -0.2) is 45.7 Å². The van der Waals surface area contributed by atoms with Crippen LogP contribution in [0.15, 0.2) is 95.0 Å². The van der Waals surface area contributed by atoms with Crippen molar-refractivity contribution < 1.29 is 27.0 Å². The fraction of sp³-hybridized carbons (Fsp3) is 0.250. The van der Waals surface area contributed by atoms with Crippen molar-refractivity contribution in [1.82, 2.24) is 33.9 Å². The van der Waals surface area contributed by atoms with Crippen molar-refractivity contribution in [2.45, 2.75) is 36.1 Å². The van der Waals surface area contributed by atoms with Gasteiger partial charge in [0.1, 0.15) is 11.6 Å². The number of sulfonamides is 2. The molecule has 16 nitrogen and oxygen atoms in total. The molecule has 0 saturated heterocycles. The maximum absolute atomic E-state index is 12.6. The Hall–Kier alpha value is -4.98. The van der Waals surface area contributed by atoms with Gasteiger partial charge in [-0.1, -0.05) is 24.3 Å². The van der Waals surface area contributed by atoms with Crippen molar-refractivity contribution in [1.29, 1.82) is 0 Å². The molecule has 0 aliphatic heterocycles. The largest absolute Gasteiger partial charge is 0.395 e. The van der Waals surface area contributed by atoms with Crippen LogP contribution < -0.4 is 20.5 Å². The molecule has 2 aromatic carbocycles. The molecule has 18 heteroatoms. The zero-order valence-electron chi connectivity index (χ0n) is 27.5. The van der Waals surface area contributed by atoms with Gasteiger partial charge in [-0.3, -0.25) is 0 Å². The van der Waals surface area contributed by atoms with Gasteiger partial charge >= 0.3 is 0 Å². The average Bonchev–Trinajstić information content (AvgIpc) is 3.69. The summed E-state index contributed by atoms with van der Waals surface area (Å²) in [6.45, 7) is 6.14. The standard InChI is InChI=1S/C18H23N5O3S.C14H15N5O3S/c1-18(2,3)22-27(25,26)14-6-4-5-13(11-14)15-12-20-17-8-7-16(19-9-10-24)21-23(15)17;15-23(21,22)11-3-1-2-10(8-11)12-9-17-14-5-4-13(16-6-7-20)18-19(12)14/h4-8,11-12,22,24H,9-10H2,1-3H3,(H,19,21);1-5,8-9,20H,6-7H2,(H,16,18)(H2,15,21,22). The molecule has 0 bridgehead atoms. The molecule has 0 fully saturated rings. The highest BCUT2D eigenvalue weighted by Gasteiger charge is 2.23. The molecule has 0 spiro atoms. The maximum atomic E-state index is 12.6. The van der Waals surface area contributed by atoms with Gasteiger partial charge < -0.3 is 20.8 Å². The van der Waals surface area contributed by atoms with Gasteiger partial charge in [-0.15, -0.1) is 10.2 Å². The van der Waals surface area contributed by atoms with E-state index in [1.165, 1.54) is 12.1 Å². The monoisotopic (exact) mass is 722 g/mol. The zero-order valence-corrected chi connectivity index (χ0v) is 29.1. The van der Waals surface area contributed by atoms with Crippen molar-refractivity contribution in [2.24, 2.45) is 5.14 Å². The van der Waals surface area contributed by atoms with Gasteiger partial charge in [0.2, 0.25) is 20.0 Å². The lowest BCUT2D eigenvalue weighted by Crippen LogP contribution is -2.40. The first-order valence-corrected chi connectivity index (χ1v) is 18.4. The van der Waals surface area contributed by atoms with Crippen LogP contribution in [0.25, 0.3) is 33.8 Å². The summed E-state index contributed by atoms with van der Waals surface area (Å²) in [5, 5.41) is 37.8. The molecule has 4 heterocycles. The molecule has 0 unspecified atom stereocenters. The number of nitrogens with zero attached hydrogens (tertiary/aromatic N) is 6. The SMILES string of the molecule is CC(C)(C)NS(=O)(=O)c1cccc(-c2cnc3ccc(NCCO)nn23)c1.NS(=O)(=O)c1cccc(-c2cnc3ccc(NCCO)nn23)c1. The van der Waals surface area contributed by atoms with Gasteiger partial charge in [-0.05, 0) is 69.3 Å². The molecule has 0 atom stereocenters. The lowest BCUT2D eigenvalue weighted by atomic mass is 10.1. The summed E-state index contributed by atoms with van der Waals surface area (Å²) in [5.74, 6) is 1.17. The van der Waals surface area contributed by atoms with E-state index < -0.39 is 25.6 Å². The number of anilines is 2. The number of primary sulfonamides is 1. The Balaban J connectivity index is 0.000000197. The molecular formula is C32H38N10O6S2. The molecule has 4 aromatic heterocycles. The second-order valence-corrected chi connectivity index (χ2v) is 15.3. The molecule has 0 radical (unpaired) electrons. The minimum Gasteiger partial charge on any atom is -0.395 e. The Morgan fingerprint density at radius 3 is 1.60 bits per heavy atom. The van der Waals surface area contributed by atoms with Crippen molar-refractivity contribution in [3.05, 3.63) is 85.2 Å². The van der Waals surface area contributed by atoms with Crippen LogP contribution in [0.1, 0.15) is 20.8 Å². The van der Waals surface area contributed by atoms with Crippen LogP contribution in [0.3, 0.4) is 0 Å². The normalized spacial score (nSPS) is 12.1. The van der Waals surface area contributed by atoms with Crippen molar-refractivity contribution in [3.63, 3.8) is 0 Å². The number of hydrogen-bond donors (Lipinski definition) is 6. The van der Waals surface area contributed by atoms with Crippen molar-refractivity contribution in [2.75, 3.05) is 36.9 Å². The number of hydrogen-bond acceptors (Lipinski definition) is 12. The predicted octanol–water partition coefficient (Wildman–Crippen LogP) is 2.33. The average molecular weight is 723 g/mol. The number of aliphatic hydroxyl groups excluding tert-OH is 2. The van der Waals surface area contributed by atoms with E-state index >= 15 is 0 Å². The van der Waals surface area contributed by atoms with E-state index in [0.29, 0.717) is 58.5 Å². The fourth-order valence-electron chi connectivity index (χ4n) is 4.81. The summed E-state index contributed by atoms with van der Waals surface area (Å²) in [5.41, 5.74) is 3.31. The first-order valence-electron chi connectivity index (χ1n) is 15.4. The molecule has 7 N–H and O–H groups in total. The molecule has 50 heavy (non-hydrogen) atoms. The smallest absolute Gasteiger partial charge is 0.241 e. The first-order chi connectivity index (χ1) is 23.7. The van der Waals surface area contributed by atoms with E-state index in [0.717, 1.165) is 0 Å². The quantitative estimate of drug-likeness (QED) is 0.113. The van der Waals surface area contributed by atoms with Crippen LogP contribution in [0.2, 0.25) is 0 Å². The van der Waals surface area contributed by atoms with Crippen molar-refractivity contribution >= 4 is 43.0 Å². The summed E-state index contributed by atoms with van der Waals surface area (Å²) in [4.78, 5) is 8.78. The maximum Gasteiger partial charge on any atom is 0.241 e. The number of nitrogens with two attached hydrogens (primary N) is 1. The summed E-state index contributed by atoms with van der Waals surface area (Å²) in [6.07, 6.45) is 3.27. The minimum atomic E-state index is -3.78. The topological polar surface area (TPSA) is 231 Å². The fourth-order valence-corrected chi connectivity index (χ4v) is 6.84. The lowest BCUT2D eigenvalue weighted by molar-refractivity contribution is 0.310. The highest BCUT2D eigenvalue weighted by atomic mass is 32.2. The Labute approximate surface area is 289 Å². The second-order valence-electron chi connectivity index (χ2n) is 12.0. The van der Waals surface area contributed by atoms with Crippen LogP contribution in [-0.4, -0.2) is 88.1 Å². The van der Waals surface area contributed by atoms with Gasteiger partial charge in [0.25, 0.3) is 0 Å². The zero-order chi connectivity index (χ0) is 36.1. The molecule has 264 valence electrons. The Morgan fingerprint density at radius 2 is 1.16 bits per heavy atom. The summed E-state index contributed by atoms with van der Waals surface area (Å²) in [6, 6.07) is 20.1. The molecular weight excluding hydrogens is 685 g/mol. The number of aliphatic hydroxyl groups is 2. The van der Waals surface area contributed by atoms with Crippen LogP contribution >= 0.6 is 0 Å². The summed E-state index contributed by atoms with van der Waals surface area (Å²) in [7, 11) is -7.43. The van der Waals surface area contributed by atoms with Gasteiger partial charge in [0.15, 0.2) is 11.3 Å². The molecule has 0 aliphatic rings. The van der Waals surface area contributed by atoms with Crippen LogP contribution in [-0.2, 0) is 20.0 Å². The Kier molecular flexibility index (Phi) is 10.8. The Morgan fingerprint density at radius 1 is 0.700 bits per heavy atom. The Bertz CT molecular complexity index is 2330. The van der Waals surface area contributed by atoms with E-state index in [1.54, 1.807) is 96.8 Å². The third-order valence-electron chi connectivity index (χ3n) is 6.90.